The maximum atomic E-state index is 13.0. The maximum Gasteiger partial charge on any atom is 0.410 e. The Balaban J connectivity index is 1.59. The van der Waals surface area contributed by atoms with E-state index in [-0.39, 0.29) is 5.91 Å². The van der Waals surface area contributed by atoms with Crippen molar-refractivity contribution in [1.29, 1.82) is 0 Å². The number of nitrogens with zero attached hydrogens (tertiary/aromatic N) is 3. The average Bonchev–Trinajstić information content (AvgIpc) is 3.08. The predicted octanol–water partition coefficient (Wildman–Crippen LogP) is 4.26. The van der Waals surface area contributed by atoms with Crippen molar-refractivity contribution in [2.75, 3.05) is 19.8 Å². The third-order valence-electron chi connectivity index (χ3n) is 5.14. The lowest BCUT2D eigenvalue weighted by molar-refractivity contribution is -0.135. The van der Waals surface area contributed by atoms with Gasteiger partial charge in [-0.25, -0.2) is 9.86 Å². The molecule has 2 aliphatic heterocycles. The Kier molecular flexibility index (Phi) is 6.67. The summed E-state index contributed by atoms with van der Waals surface area (Å²) in [5.41, 5.74) is 3.73. The first-order valence-electron chi connectivity index (χ1n) is 10.2. The first kappa shape index (κ1) is 22.5. The molecule has 8 heteroatoms. The highest BCUT2D eigenvalue weighted by atomic mass is 32.2. The number of amides is 2. The van der Waals surface area contributed by atoms with Crippen molar-refractivity contribution in [3.8, 4) is 0 Å². The van der Waals surface area contributed by atoms with Crippen molar-refractivity contribution in [1.82, 2.24) is 14.9 Å². The number of benzene rings is 1. The van der Waals surface area contributed by atoms with E-state index in [2.05, 4.69) is 0 Å². The fourth-order valence-corrected chi connectivity index (χ4v) is 3.99. The van der Waals surface area contributed by atoms with E-state index in [0.29, 0.717) is 19.5 Å². The van der Waals surface area contributed by atoms with Gasteiger partial charge < -0.3 is 9.64 Å². The molecule has 0 radical (unpaired) electrons. The van der Waals surface area contributed by atoms with E-state index in [1.54, 1.807) is 21.9 Å². The summed E-state index contributed by atoms with van der Waals surface area (Å²) in [6.45, 7) is 8.55. The molecule has 30 heavy (non-hydrogen) atoms. The molecule has 0 bridgehead atoms. The van der Waals surface area contributed by atoms with Gasteiger partial charge in [0.15, 0.2) is 0 Å². The van der Waals surface area contributed by atoms with Crippen LogP contribution in [-0.2, 0) is 20.4 Å². The van der Waals surface area contributed by atoms with Gasteiger partial charge in [-0.2, -0.15) is 4.28 Å². The molecule has 1 aromatic rings. The standard InChI is InChI=1S/C22H31N3O4S/c1-15-19(25(15)29-30-6)17-11-9-16(10-12-17)14-23(5)20(26)18-8-7-13-24(18)21(27)28-22(2,3)4/h9-12,18H,7-8,13-14H2,1-6H3. The van der Waals surface area contributed by atoms with Crippen LogP contribution in [0.3, 0.4) is 0 Å². The van der Waals surface area contributed by atoms with Crippen LogP contribution in [0.2, 0.25) is 0 Å². The summed E-state index contributed by atoms with van der Waals surface area (Å²) in [4.78, 5) is 28.7. The lowest BCUT2D eigenvalue weighted by Crippen LogP contribution is -2.47. The highest BCUT2D eigenvalue weighted by molar-refractivity contribution is 7.93. The molecule has 2 heterocycles. The van der Waals surface area contributed by atoms with Gasteiger partial charge in [0.1, 0.15) is 11.6 Å². The van der Waals surface area contributed by atoms with Crippen molar-refractivity contribution < 1.29 is 18.6 Å². The van der Waals surface area contributed by atoms with Gasteiger partial charge in [-0.1, -0.05) is 24.3 Å². The van der Waals surface area contributed by atoms with E-state index in [1.807, 2.05) is 58.2 Å². The molecule has 1 atom stereocenters. The number of carbonyl (C=O) groups is 2. The van der Waals surface area contributed by atoms with Gasteiger partial charge in [0.25, 0.3) is 0 Å². The minimum atomic E-state index is -0.577. The minimum absolute atomic E-state index is 0.0530. The SMILES string of the molecule is CSON1C(C)=C1c1ccc(CN(C)C(=O)C2CCCN2C(=O)OC(C)(C)C)cc1. The Morgan fingerprint density at radius 1 is 1.23 bits per heavy atom. The third-order valence-corrected chi connectivity index (χ3v) is 5.44. The molecule has 1 saturated heterocycles. The molecule has 1 fully saturated rings. The molecular weight excluding hydrogens is 402 g/mol. The van der Waals surface area contributed by atoms with Gasteiger partial charge in [-0.15, -0.1) is 0 Å². The summed E-state index contributed by atoms with van der Waals surface area (Å²) in [6.07, 6.45) is 2.94. The second kappa shape index (κ2) is 8.89. The van der Waals surface area contributed by atoms with Gasteiger partial charge in [0.05, 0.1) is 11.4 Å². The lowest BCUT2D eigenvalue weighted by atomic mass is 10.1. The normalized spacial score (nSPS) is 18.7. The number of rotatable bonds is 6. The first-order chi connectivity index (χ1) is 14.1. The topological polar surface area (TPSA) is 62.1 Å². The summed E-state index contributed by atoms with van der Waals surface area (Å²) < 4.78 is 10.9. The second-order valence-electron chi connectivity index (χ2n) is 8.69. The van der Waals surface area contributed by atoms with E-state index >= 15 is 0 Å². The van der Waals surface area contributed by atoms with E-state index in [1.165, 1.54) is 12.0 Å². The molecule has 1 unspecified atom stereocenters. The van der Waals surface area contributed by atoms with Crippen molar-refractivity contribution in [2.24, 2.45) is 0 Å². The molecule has 2 amide bonds. The van der Waals surface area contributed by atoms with Crippen molar-refractivity contribution in [2.45, 2.75) is 58.7 Å². The highest BCUT2D eigenvalue weighted by Crippen LogP contribution is 2.41. The first-order valence-corrected chi connectivity index (χ1v) is 11.3. The zero-order valence-corrected chi connectivity index (χ0v) is 19.4. The quantitative estimate of drug-likeness (QED) is 0.625. The van der Waals surface area contributed by atoms with Crippen LogP contribution in [0.25, 0.3) is 5.70 Å². The molecule has 0 saturated carbocycles. The van der Waals surface area contributed by atoms with Crippen molar-refractivity contribution in [3.63, 3.8) is 0 Å². The number of hydrogen-bond donors (Lipinski definition) is 0. The zero-order valence-electron chi connectivity index (χ0n) is 18.6. The molecule has 7 nitrogen and oxygen atoms in total. The van der Waals surface area contributed by atoms with Gasteiger partial charge in [0, 0.05) is 44.0 Å². The zero-order chi connectivity index (χ0) is 22.1. The predicted molar refractivity (Wildman–Crippen MR) is 118 cm³/mol. The Bertz CT molecular complexity index is 832. The van der Waals surface area contributed by atoms with Gasteiger partial charge in [0.2, 0.25) is 5.91 Å². The molecule has 0 spiro atoms. The average molecular weight is 434 g/mol. The van der Waals surface area contributed by atoms with E-state index < -0.39 is 17.7 Å². The molecule has 0 N–H and O–H groups in total. The monoisotopic (exact) mass is 433 g/mol. The minimum Gasteiger partial charge on any atom is -0.444 e. The maximum absolute atomic E-state index is 13.0. The van der Waals surface area contributed by atoms with Crippen LogP contribution < -0.4 is 0 Å². The fraction of sp³-hybridized carbons (Fsp3) is 0.545. The van der Waals surface area contributed by atoms with Crippen molar-refractivity contribution in [3.05, 3.63) is 41.1 Å². The number of carbonyl (C=O) groups excluding carboxylic acids is 2. The second-order valence-corrected chi connectivity index (χ2v) is 9.17. The number of allylic oxidation sites excluding steroid dienone is 1. The Labute approximate surface area is 183 Å². The summed E-state index contributed by atoms with van der Waals surface area (Å²) >= 11 is 1.31. The Morgan fingerprint density at radius 3 is 2.50 bits per heavy atom. The molecule has 2 aliphatic rings. The number of ether oxygens (including phenoxy) is 1. The number of likely N-dealkylation sites (N-methyl/N-ethyl adjacent to an activating group) is 1. The third kappa shape index (κ3) is 5.10. The highest BCUT2D eigenvalue weighted by Gasteiger charge is 2.38. The van der Waals surface area contributed by atoms with Gasteiger partial charge >= 0.3 is 6.09 Å². The van der Waals surface area contributed by atoms with Crippen LogP contribution >= 0.6 is 12.0 Å². The molecule has 0 aromatic heterocycles. The number of likely N-dealkylation sites (tertiary alicyclic amines) is 1. The summed E-state index contributed by atoms with van der Waals surface area (Å²) in [5, 5.41) is 1.81. The van der Waals surface area contributed by atoms with Crippen LogP contribution in [0.15, 0.2) is 30.0 Å². The van der Waals surface area contributed by atoms with Crippen LogP contribution in [0.1, 0.15) is 51.7 Å². The Morgan fingerprint density at radius 2 is 1.90 bits per heavy atom. The summed E-state index contributed by atoms with van der Waals surface area (Å²) in [6, 6.07) is 7.67. The van der Waals surface area contributed by atoms with Crippen LogP contribution in [0.5, 0.6) is 0 Å². The summed E-state index contributed by atoms with van der Waals surface area (Å²) in [7, 11) is 1.78. The van der Waals surface area contributed by atoms with Crippen LogP contribution in [0.4, 0.5) is 4.79 Å². The fourth-order valence-electron chi connectivity index (χ4n) is 3.66. The van der Waals surface area contributed by atoms with Crippen molar-refractivity contribution >= 4 is 29.7 Å². The van der Waals surface area contributed by atoms with Gasteiger partial charge in [-0.05, 0) is 46.1 Å². The molecule has 0 aliphatic carbocycles. The van der Waals surface area contributed by atoms with E-state index in [4.69, 9.17) is 9.02 Å². The lowest BCUT2D eigenvalue weighted by Gasteiger charge is -2.30. The number of hydrogen-bond acceptors (Lipinski definition) is 6. The molecule has 1 aromatic carbocycles. The molecular formula is C22H31N3O4S. The van der Waals surface area contributed by atoms with E-state index in [9.17, 15) is 9.59 Å². The Hall–Kier alpha value is -2.19. The van der Waals surface area contributed by atoms with Gasteiger partial charge in [-0.3, -0.25) is 9.69 Å². The van der Waals surface area contributed by atoms with E-state index in [0.717, 1.165) is 28.9 Å². The van der Waals surface area contributed by atoms with Crippen LogP contribution in [0, 0.1) is 0 Å². The summed E-state index contributed by atoms with van der Waals surface area (Å²) in [5.74, 6) is -0.0530. The smallest absolute Gasteiger partial charge is 0.410 e. The number of hydroxylamine groups is 2. The molecule has 164 valence electrons. The largest absolute Gasteiger partial charge is 0.444 e. The van der Waals surface area contributed by atoms with Crippen LogP contribution in [-0.4, -0.2) is 58.4 Å². The molecule has 3 rings (SSSR count).